The van der Waals surface area contributed by atoms with Gasteiger partial charge in [-0.3, -0.25) is 0 Å². The van der Waals surface area contributed by atoms with E-state index < -0.39 is 53.9 Å². The highest BCUT2D eigenvalue weighted by Gasteiger charge is 2.90. The molecule has 1 aromatic carbocycles. The predicted octanol–water partition coefficient (Wildman–Crippen LogP) is 5.85. The average molecular weight is 440 g/mol. The normalized spacial score (nSPS) is 16.2. The predicted molar refractivity (Wildman–Crippen MR) is 66.8 cm³/mol. The first kappa shape index (κ1) is 24.3. The largest absolute Gasteiger partial charge is 0.460 e. The van der Waals surface area contributed by atoms with Crippen molar-refractivity contribution in [2.45, 2.75) is 48.3 Å². The fourth-order valence-corrected chi connectivity index (χ4v) is 1.97. The molecule has 0 aliphatic carbocycles. The fraction of sp³-hybridized carbons (Fsp3) is 0.571. The van der Waals surface area contributed by atoms with Crippen molar-refractivity contribution in [3.63, 3.8) is 0 Å². The Morgan fingerprint density at radius 1 is 0.607 bits per heavy atom. The van der Waals surface area contributed by atoms with Gasteiger partial charge in [0.1, 0.15) is 0 Å². The third-order valence-electron chi connectivity index (χ3n) is 3.63. The summed E-state index contributed by atoms with van der Waals surface area (Å²) in [6, 6.07) is 5.13. The van der Waals surface area contributed by atoms with E-state index in [1.54, 1.807) is 0 Å². The maximum Gasteiger partial charge on any atom is 0.460 e. The van der Waals surface area contributed by atoms with Crippen LogP contribution in [0, 0.1) is 0 Å². The second kappa shape index (κ2) is 6.95. The van der Waals surface area contributed by atoms with Gasteiger partial charge in [0.25, 0.3) is 0 Å². The summed E-state index contributed by atoms with van der Waals surface area (Å²) in [6.45, 7) is 0. The number of alkyl halides is 13. The average Bonchev–Trinajstić information content (AvgIpc) is 2.53. The van der Waals surface area contributed by atoms with Crippen molar-refractivity contribution in [2.75, 3.05) is 0 Å². The molecule has 0 heterocycles. The fourth-order valence-electron chi connectivity index (χ4n) is 1.97. The minimum absolute atomic E-state index is 0.561. The lowest BCUT2D eigenvalue weighted by Crippen LogP contribution is -2.70. The second-order valence-electron chi connectivity index (χ2n) is 5.63. The van der Waals surface area contributed by atoms with E-state index >= 15 is 0 Å². The van der Waals surface area contributed by atoms with Gasteiger partial charge in [-0.2, -0.15) is 57.1 Å². The zero-order valence-electron chi connectivity index (χ0n) is 13.0. The van der Waals surface area contributed by atoms with Gasteiger partial charge in [-0.15, -0.1) is 0 Å². The van der Waals surface area contributed by atoms with Crippen LogP contribution in [0.25, 0.3) is 0 Å². The van der Waals surface area contributed by atoms with Gasteiger partial charge in [0.05, 0.1) is 6.10 Å². The Labute approximate surface area is 147 Å². The molecule has 1 unspecified atom stereocenters. The van der Waals surface area contributed by atoms with Gasteiger partial charge < -0.3 is 5.11 Å². The van der Waals surface area contributed by atoms with E-state index in [2.05, 4.69) is 0 Å². The van der Waals surface area contributed by atoms with Crippen LogP contribution >= 0.6 is 0 Å². The Morgan fingerprint density at radius 3 is 1.39 bits per heavy atom. The minimum Gasteiger partial charge on any atom is -0.388 e. The molecule has 1 rings (SSSR count). The van der Waals surface area contributed by atoms with Gasteiger partial charge in [0.15, 0.2) is 0 Å². The third kappa shape index (κ3) is 3.62. The molecule has 1 nitrogen and oxygen atoms in total. The molecule has 0 aromatic heterocycles. The van der Waals surface area contributed by atoms with E-state index in [0.29, 0.717) is 0 Å². The number of rotatable bonds is 7. The van der Waals surface area contributed by atoms with Crippen molar-refractivity contribution in [1.82, 2.24) is 0 Å². The molecule has 0 spiro atoms. The zero-order valence-corrected chi connectivity index (χ0v) is 13.0. The molecular weight excluding hydrogens is 431 g/mol. The van der Waals surface area contributed by atoms with E-state index in [1.807, 2.05) is 0 Å². The number of aliphatic hydroxyl groups is 1. The summed E-state index contributed by atoms with van der Waals surface area (Å²) < 4.78 is 168. The van der Waals surface area contributed by atoms with Gasteiger partial charge >= 0.3 is 35.8 Å². The lowest BCUT2D eigenvalue weighted by molar-refractivity contribution is -0.440. The van der Waals surface area contributed by atoms with E-state index in [4.69, 9.17) is 0 Å². The second-order valence-corrected chi connectivity index (χ2v) is 5.63. The molecule has 1 N–H and O–H groups in total. The molecule has 0 saturated heterocycles. The van der Waals surface area contributed by atoms with Crippen LogP contribution in [0.4, 0.5) is 57.1 Å². The molecule has 0 aliphatic rings. The number of benzene rings is 1. The van der Waals surface area contributed by atoms with Gasteiger partial charge in [-0.05, 0) is 5.56 Å². The van der Waals surface area contributed by atoms with Crippen LogP contribution < -0.4 is 0 Å². The Balaban J connectivity index is 3.33. The monoisotopic (exact) mass is 440 g/mol. The zero-order chi connectivity index (χ0) is 22.4. The maximum atomic E-state index is 13.6. The summed E-state index contributed by atoms with van der Waals surface area (Å²) in [5.41, 5.74) is -0.561. The Kier molecular flexibility index (Phi) is 6.04. The highest BCUT2D eigenvalue weighted by atomic mass is 19.4. The summed E-state index contributed by atoms with van der Waals surface area (Å²) in [7, 11) is 0. The van der Waals surface area contributed by atoms with E-state index in [-0.39, 0.29) is 0 Å². The smallest absolute Gasteiger partial charge is 0.388 e. The third-order valence-corrected chi connectivity index (χ3v) is 3.63. The quantitative estimate of drug-likeness (QED) is 0.528. The Bertz CT molecular complexity index is 666. The number of hydrogen-bond donors (Lipinski definition) is 1. The Morgan fingerprint density at radius 2 is 1.00 bits per heavy atom. The topological polar surface area (TPSA) is 20.2 Å². The molecule has 0 fully saturated rings. The summed E-state index contributed by atoms with van der Waals surface area (Å²) >= 11 is 0. The summed E-state index contributed by atoms with van der Waals surface area (Å²) in [5.74, 6) is -37.3. The first-order valence-corrected chi connectivity index (χ1v) is 6.93. The first-order valence-electron chi connectivity index (χ1n) is 6.93. The van der Waals surface area contributed by atoms with Crippen LogP contribution in [0.5, 0.6) is 0 Å². The van der Waals surface area contributed by atoms with Crippen LogP contribution in [0.2, 0.25) is 0 Å². The van der Waals surface area contributed by atoms with Crippen LogP contribution in [-0.2, 0) is 0 Å². The summed E-state index contributed by atoms with van der Waals surface area (Å²) in [6.07, 6.45) is -12.8. The molecular formula is C14H9F13O. The molecule has 0 bridgehead atoms. The minimum atomic E-state index is -7.94. The van der Waals surface area contributed by atoms with Crippen molar-refractivity contribution >= 4 is 0 Å². The molecule has 0 saturated carbocycles. The molecule has 14 heteroatoms. The Hall–Kier alpha value is -1.73. The molecule has 1 atom stereocenters. The number of halogens is 13. The van der Waals surface area contributed by atoms with E-state index in [1.165, 1.54) is 6.07 Å². The highest BCUT2D eigenvalue weighted by Crippen LogP contribution is 2.61. The number of aliphatic hydroxyl groups excluding tert-OH is 1. The van der Waals surface area contributed by atoms with Crippen molar-refractivity contribution in [1.29, 1.82) is 0 Å². The van der Waals surface area contributed by atoms with Gasteiger partial charge in [-0.25, -0.2) is 0 Å². The van der Waals surface area contributed by atoms with Crippen LogP contribution in [0.3, 0.4) is 0 Å². The highest BCUT2D eigenvalue weighted by molar-refractivity contribution is 5.19. The SMILES string of the molecule is OC(CC(F)(F)C(F)(F)C(F)(F)C(F)(F)C(F)(F)C(F)(F)F)c1ccccc1. The molecule has 28 heavy (non-hydrogen) atoms. The maximum absolute atomic E-state index is 13.6. The lowest BCUT2D eigenvalue weighted by atomic mass is 9.90. The van der Waals surface area contributed by atoms with Crippen molar-refractivity contribution in [2.24, 2.45) is 0 Å². The van der Waals surface area contributed by atoms with Crippen LogP contribution in [-0.4, -0.2) is 40.9 Å². The van der Waals surface area contributed by atoms with Gasteiger partial charge in [0, 0.05) is 6.42 Å². The molecule has 0 aliphatic heterocycles. The van der Waals surface area contributed by atoms with E-state index in [9.17, 15) is 62.2 Å². The summed E-state index contributed by atoms with van der Waals surface area (Å²) in [4.78, 5) is 0. The molecule has 0 amide bonds. The van der Waals surface area contributed by atoms with Crippen molar-refractivity contribution in [3.8, 4) is 0 Å². The van der Waals surface area contributed by atoms with Crippen molar-refractivity contribution in [3.05, 3.63) is 35.9 Å². The molecule has 1 aromatic rings. The van der Waals surface area contributed by atoms with Crippen LogP contribution in [0.15, 0.2) is 30.3 Å². The molecule has 162 valence electrons. The van der Waals surface area contributed by atoms with Crippen LogP contribution in [0.1, 0.15) is 18.1 Å². The van der Waals surface area contributed by atoms with Gasteiger partial charge in [0.2, 0.25) is 0 Å². The van der Waals surface area contributed by atoms with E-state index in [0.717, 1.165) is 24.3 Å². The summed E-state index contributed by atoms with van der Waals surface area (Å²) in [5, 5.41) is 9.40. The number of hydrogen-bond acceptors (Lipinski definition) is 1. The van der Waals surface area contributed by atoms with Gasteiger partial charge in [-0.1, -0.05) is 30.3 Å². The standard InChI is InChI=1S/C14H9F13O/c15-9(16,6-8(28)7-4-2-1-3-5-7)10(17,18)11(19,20)12(21,22)13(23,24)14(25,26)27/h1-5,8,28H,6H2. The lowest BCUT2D eigenvalue weighted by Gasteiger charge is -2.40. The first-order chi connectivity index (χ1) is 12.2. The molecule has 0 radical (unpaired) electrons. The van der Waals surface area contributed by atoms with Crippen molar-refractivity contribution < 1.29 is 62.2 Å².